The van der Waals surface area contributed by atoms with Crippen LogP contribution in [0.3, 0.4) is 0 Å². The highest BCUT2D eigenvalue weighted by Crippen LogP contribution is 2.30. The molecule has 0 radical (unpaired) electrons. The van der Waals surface area contributed by atoms with Gasteiger partial charge in [0.2, 0.25) is 5.88 Å². The molecule has 0 saturated carbocycles. The molecule has 2 atom stereocenters. The molecule has 10 nitrogen and oxygen atoms in total. The van der Waals surface area contributed by atoms with Gasteiger partial charge in [-0.15, -0.1) is 0 Å². The lowest BCUT2D eigenvalue weighted by Gasteiger charge is -2.35. The lowest BCUT2D eigenvalue weighted by atomic mass is 10.1. The number of nitrogens with one attached hydrogen (secondary N) is 1. The van der Waals surface area contributed by atoms with Crippen molar-refractivity contribution in [2.24, 2.45) is 0 Å². The number of sulfonamides is 1. The zero-order valence-electron chi connectivity index (χ0n) is 23.5. The second-order valence-corrected chi connectivity index (χ2v) is 12.0. The summed E-state index contributed by atoms with van der Waals surface area (Å²) in [6, 6.07) is 9.66. The molecular formula is C29H36FN5O5S. The first-order valence-electron chi connectivity index (χ1n) is 13.8. The van der Waals surface area contributed by atoms with E-state index in [0.29, 0.717) is 44.2 Å². The van der Waals surface area contributed by atoms with Crippen LogP contribution in [0.4, 0.5) is 15.8 Å². The smallest absolute Gasteiger partial charge is 0.267 e. The summed E-state index contributed by atoms with van der Waals surface area (Å²) in [5.41, 5.74) is 2.35. The highest BCUT2D eigenvalue weighted by atomic mass is 32.2. The molecule has 1 N–H and O–H groups in total. The molecule has 41 heavy (non-hydrogen) atoms. The van der Waals surface area contributed by atoms with E-state index in [9.17, 15) is 8.42 Å². The fourth-order valence-electron chi connectivity index (χ4n) is 5.24. The molecule has 2 aromatic heterocycles. The molecule has 2 fully saturated rings. The number of ether oxygens (including phenoxy) is 3. The maximum atomic E-state index is 15.3. The van der Waals surface area contributed by atoms with Gasteiger partial charge < -0.3 is 19.1 Å². The minimum atomic E-state index is -4.10. The molecule has 0 unspecified atom stereocenters. The first kappa shape index (κ1) is 29.2. The van der Waals surface area contributed by atoms with Gasteiger partial charge in [0.15, 0.2) is 4.90 Å². The van der Waals surface area contributed by atoms with Crippen molar-refractivity contribution in [3.8, 4) is 17.1 Å². The first-order valence-corrected chi connectivity index (χ1v) is 15.3. The number of aromatic nitrogens is 2. The Balaban J connectivity index is 1.36. The predicted molar refractivity (Wildman–Crippen MR) is 154 cm³/mol. The van der Waals surface area contributed by atoms with E-state index in [2.05, 4.69) is 19.6 Å². The Labute approximate surface area is 240 Å². The summed E-state index contributed by atoms with van der Waals surface area (Å²) in [6.07, 6.45) is 3.30. The number of anilines is 2. The van der Waals surface area contributed by atoms with Crippen molar-refractivity contribution >= 4 is 21.4 Å². The van der Waals surface area contributed by atoms with E-state index in [0.717, 1.165) is 18.7 Å². The van der Waals surface area contributed by atoms with Crippen LogP contribution in [0.15, 0.2) is 53.7 Å². The molecule has 0 amide bonds. The van der Waals surface area contributed by atoms with E-state index >= 15 is 4.39 Å². The Morgan fingerprint density at radius 1 is 1.07 bits per heavy atom. The summed E-state index contributed by atoms with van der Waals surface area (Å²) >= 11 is 0. The molecule has 5 rings (SSSR count). The molecule has 3 aromatic rings. The van der Waals surface area contributed by atoms with Gasteiger partial charge in [-0.2, -0.15) is 0 Å². The van der Waals surface area contributed by atoms with Crippen molar-refractivity contribution in [2.75, 3.05) is 55.6 Å². The monoisotopic (exact) mass is 585 g/mol. The molecule has 1 aromatic carbocycles. The van der Waals surface area contributed by atoms with Gasteiger partial charge in [0.1, 0.15) is 5.82 Å². The molecule has 0 bridgehead atoms. The normalized spacial score (nSPS) is 20.1. The van der Waals surface area contributed by atoms with E-state index in [1.54, 1.807) is 25.3 Å². The van der Waals surface area contributed by atoms with Gasteiger partial charge in [-0.3, -0.25) is 14.6 Å². The minimum Gasteiger partial charge on any atom is -0.477 e. The number of hydrogen-bond donors (Lipinski definition) is 1. The molecule has 2 saturated heterocycles. The van der Waals surface area contributed by atoms with Crippen molar-refractivity contribution in [3.05, 3.63) is 60.2 Å². The maximum Gasteiger partial charge on any atom is 0.267 e. The molecule has 4 heterocycles. The zero-order chi connectivity index (χ0) is 29.0. The van der Waals surface area contributed by atoms with Crippen LogP contribution in [0.2, 0.25) is 0 Å². The van der Waals surface area contributed by atoms with Gasteiger partial charge in [0, 0.05) is 44.5 Å². The molecule has 0 spiro atoms. The molecular weight excluding hydrogens is 549 g/mol. The molecule has 2 aliphatic rings. The van der Waals surface area contributed by atoms with Gasteiger partial charge in [-0.05, 0) is 56.7 Å². The van der Waals surface area contributed by atoms with E-state index in [-0.39, 0.29) is 40.8 Å². The summed E-state index contributed by atoms with van der Waals surface area (Å²) in [7, 11) is -4.10. The number of rotatable bonds is 9. The number of hydrogen-bond acceptors (Lipinski definition) is 9. The second kappa shape index (κ2) is 12.7. The Hall–Kier alpha value is -3.32. The van der Waals surface area contributed by atoms with E-state index < -0.39 is 15.8 Å². The summed E-state index contributed by atoms with van der Waals surface area (Å²) in [4.78, 5) is 12.8. The largest absolute Gasteiger partial charge is 0.477 e. The van der Waals surface area contributed by atoms with Crippen molar-refractivity contribution in [2.45, 2.75) is 44.4 Å². The number of pyridine rings is 2. The van der Waals surface area contributed by atoms with Gasteiger partial charge >= 0.3 is 0 Å². The quantitative estimate of drug-likeness (QED) is 0.400. The predicted octanol–water partition coefficient (Wildman–Crippen LogP) is 3.93. The maximum absolute atomic E-state index is 15.3. The molecule has 220 valence electrons. The zero-order valence-corrected chi connectivity index (χ0v) is 24.4. The van der Waals surface area contributed by atoms with Crippen LogP contribution in [0.5, 0.6) is 5.88 Å². The number of nitrogens with zero attached hydrogens (tertiary/aromatic N) is 4. The average molecular weight is 586 g/mol. The summed E-state index contributed by atoms with van der Waals surface area (Å²) in [5.74, 6) is -0.414. The highest BCUT2D eigenvalue weighted by molar-refractivity contribution is 7.92. The summed E-state index contributed by atoms with van der Waals surface area (Å²) < 4.78 is 61.7. The molecule has 2 aliphatic heterocycles. The average Bonchev–Trinajstić information content (AvgIpc) is 2.93. The van der Waals surface area contributed by atoms with Crippen LogP contribution in [-0.2, 0) is 26.0 Å². The van der Waals surface area contributed by atoms with Gasteiger partial charge in [0.05, 0.1) is 55.3 Å². The fraction of sp³-hybridized carbons (Fsp3) is 0.448. The Bertz CT molecular complexity index is 1460. The summed E-state index contributed by atoms with van der Waals surface area (Å²) in [6.45, 7) is 10.6. The van der Waals surface area contributed by atoms with Crippen molar-refractivity contribution < 1.29 is 27.0 Å². The third kappa shape index (κ3) is 7.13. The number of morpholine rings is 2. The van der Waals surface area contributed by atoms with E-state index in [4.69, 9.17) is 14.2 Å². The van der Waals surface area contributed by atoms with Crippen LogP contribution >= 0.6 is 0 Å². The Morgan fingerprint density at radius 3 is 2.54 bits per heavy atom. The van der Waals surface area contributed by atoms with Gasteiger partial charge in [-0.1, -0.05) is 6.07 Å². The standard InChI is InChI=1S/C29H36FN5O5S/c1-4-39-29-28(15-24(16-32-29)35-9-11-38-12-10-35)41(36,37)33-23-7-8-31-27(14-23)25-6-5-22(13-26(25)30)19-34-17-20(2)40-21(3)18-34/h5-8,13-16,20-21H,4,9-12,17-19H2,1-3H3,(H,31,33)/t20-,21+. The molecule has 0 aliphatic carbocycles. The highest BCUT2D eigenvalue weighted by Gasteiger charge is 2.25. The lowest BCUT2D eigenvalue weighted by molar-refractivity contribution is -0.0705. The number of halogens is 1. The fourth-order valence-corrected chi connectivity index (χ4v) is 6.41. The number of benzene rings is 1. The van der Waals surface area contributed by atoms with Crippen molar-refractivity contribution in [3.63, 3.8) is 0 Å². The van der Waals surface area contributed by atoms with Crippen molar-refractivity contribution in [1.29, 1.82) is 0 Å². The van der Waals surface area contributed by atoms with Crippen LogP contribution in [0.1, 0.15) is 26.3 Å². The third-order valence-corrected chi connectivity index (χ3v) is 8.35. The van der Waals surface area contributed by atoms with Gasteiger partial charge in [0.25, 0.3) is 10.0 Å². The summed E-state index contributed by atoms with van der Waals surface area (Å²) in [5, 5.41) is 0. The first-order chi connectivity index (χ1) is 19.7. The van der Waals surface area contributed by atoms with E-state index in [1.807, 2.05) is 24.8 Å². The molecule has 12 heteroatoms. The van der Waals surface area contributed by atoms with Gasteiger partial charge in [-0.25, -0.2) is 17.8 Å². The lowest BCUT2D eigenvalue weighted by Crippen LogP contribution is -2.44. The second-order valence-electron chi connectivity index (χ2n) is 10.3. The topological polar surface area (TPSA) is 106 Å². The Morgan fingerprint density at radius 2 is 1.83 bits per heavy atom. The van der Waals surface area contributed by atoms with E-state index in [1.165, 1.54) is 24.4 Å². The van der Waals surface area contributed by atoms with Crippen molar-refractivity contribution in [1.82, 2.24) is 14.9 Å². The Kier molecular flexibility index (Phi) is 9.03. The van der Waals surface area contributed by atoms with Crippen LogP contribution in [0, 0.1) is 5.82 Å². The third-order valence-electron chi connectivity index (χ3n) is 6.97. The van der Waals surface area contributed by atoms with Crippen LogP contribution in [0.25, 0.3) is 11.3 Å². The minimum absolute atomic E-state index is 0.0111. The van der Waals surface area contributed by atoms with Crippen LogP contribution in [-0.4, -0.2) is 81.5 Å². The SMILES string of the molecule is CCOc1ncc(N2CCOCC2)cc1S(=O)(=O)Nc1ccnc(-c2ccc(CN3C[C@@H](C)O[C@@H](C)C3)cc2F)c1. The van der Waals surface area contributed by atoms with Crippen LogP contribution < -0.4 is 14.4 Å².